The smallest absolute Gasteiger partial charge is 0.123 e. The third-order valence-corrected chi connectivity index (χ3v) is 3.04. The summed E-state index contributed by atoms with van der Waals surface area (Å²) in [6.07, 6.45) is 0.874. The van der Waals surface area contributed by atoms with Gasteiger partial charge in [-0.25, -0.2) is 0 Å². The van der Waals surface area contributed by atoms with E-state index in [2.05, 4.69) is 12.1 Å². The number of hydrogen-bond donors (Lipinski definition) is 1. The molecule has 3 heteroatoms. The summed E-state index contributed by atoms with van der Waals surface area (Å²) in [6, 6.07) is 16.0. The lowest BCUT2D eigenvalue weighted by Gasteiger charge is -2.11. The van der Waals surface area contributed by atoms with Gasteiger partial charge >= 0.3 is 0 Å². The monoisotopic (exact) mass is 271 g/mol. The number of nitrogens with two attached hydrogens (primary N) is 1. The lowest BCUT2D eigenvalue weighted by Crippen LogP contribution is -2.07. The summed E-state index contributed by atoms with van der Waals surface area (Å²) < 4.78 is 11.3. The highest BCUT2D eigenvalue weighted by molar-refractivity contribution is 5.34. The molecule has 0 spiro atoms. The molecule has 0 aromatic heterocycles. The molecule has 0 amide bonds. The minimum absolute atomic E-state index is 0.547. The van der Waals surface area contributed by atoms with E-state index in [4.69, 9.17) is 15.2 Å². The molecular formula is C17H21NO2. The molecule has 0 heterocycles. The second-order valence-corrected chi connectivity index (χ2v) is 4.50. The van der Waals surface area contributed by atoms with E-state index in [1.807, 2.05) is 43.3 Å². The number of rotatable bonds is 7. The third-order valence-electron chi connectivity index (χ3n) is 3.04. The molecule has 106 valence electrons. The van der Waals surface area contributed by atoms with Crippen molar-refractivity contribution in [1.82, 2.24) is 0 Å². The van der Waals surface area contributed by atoms with Gasteiger partial charge in [0.2, 0.25) is 0 Å². The van der Waals surface area contributed by atoms with Crippen molar-refractivity contribution in [2.75, 3.05) is 13.2 Å². The van der Waals surface area contributed by atoms with Crippen molar-refractivity contribution in [3.05, 3.63) is 59.7 Å². The van der Waals surface area contributed by atoms with Crippen molar-refractivity contribution in [2.45, 2.75) is 20.0 Å². The predicted octanol–water partition coefficient (Wildman–Crippen LogP) is 3.17. The van der Waals surface area contributed by atoms with Gasteiger partial charge in [0.25, 0.3) is 0 Å². The third kappa shape index (κ3) is 4.00. The van der Waals surface area contributed by atoms with Crippen LogP contribution in [0.5, 0.6) is 11.5 Å². The van der Waals surface area contributed by atoms with Gasteiger partial charge in [0.05, 0.1) is 6.61 Å². The van der Waals surface area contributed by atoms with E-state index < -0.39 is 0 Å². The van der Waals surface area contributed by atoms with Crippen LogP contribution < -0.4 is 15.2 Å². The van der Waals surface area contributed by atoms with E-state index in [1.54, 1.807) is 0 Å². The molecule has 0 radical (unpaired) electrons. The maximum absolute atomic E-state index is 5.85. The lowest BCUT2D eigenvalue weighted by atomic mass is 10.1. The van der Waals surface area contributed by atoms with E-state index in [9.17, 15) is 0 Å². The van der Waals surface area contributed by atoms with Gasteiger partial charge in [-0.05, 0) is 43.1 Å². The van der Waals surface area contributed by atoms with Crippen LogP contribution in [0.15, 0.2) is 48.5 Å². The first-order chi connectivity index (χ1) is 9.83. The van der Waals surface area contributed by atoms with Gasteiger partial charge in [-0.1, -0.05) is 30.3 Å². The summed E-state index contributed by atoms with van der Waals surface area (Å²) in [5.74, 6) is 1.65. The average Bonchev–Trinajstić information content (AvgIpc) is 2.47. The highest BCUT2D eigenvalue weighted by atomic mass is 16.5. The van der Waals surface area contributed by atoms with E-state index in [0.717, 1.165) is 17.9 Å². The normalized spacial score (nSPS) is 10.3. The molecule has 0 aliphatic rings. The first-order valence-corrected chi connectivity index (χ1v) is 6.96. The Morgan fingerprint density at radius 1 is 0.900 bits per heavy atom. The Morgan fingerprint density at radius 2 is 1.60 bits per heavy atom. The number of ether oxygens (including phenoxy) is 2. The van der Waals surface area contributed by atoms with Crippen LogP contribution in [-0.2, 0) is 13.0 Å². The van der Waals surface area contributed by atoms with Gasteiger partial charge in [-0.2, -0.15) is 0 Å². The van der Waals surface area contributed by atoms with Crippen LogP contribution in [0.2, 0.25) is 0 Å². The van der Waals surface area contributed by atoms with E-state index in [-0.39, 0.29) is 0 Å². The molecule has 2 rings (SSSR count). The van der Waals surface area contributed by atoms with E-state index in [0.29, 0.717) is 19.8 Å². The fraction of sp³-hybridized carbons (Fsp3) is 0.294. The van der Waals surface area contributed by atoms with E-state index in [1.165, 1.54) is 11.1 Å². The fourth-order valence-electron chi connectivity index (χ4n) is 2.08. The summed E-state index contributed by atoms with van der Waals surface area (Å²) in [5, 5.41) is 0. The van der Waals surface area contributed by atoms with Crippen LogP contribution >= 0.6 is 0 Å². The minimum atomic E-state index is 0.547. The Kier molecular flexibility index (Phi) is 5.44. The van der Waals surface area contributed by atoms with Crippen LogP contribution in [0, 0.1) is 0 Å². The topological polar surface area (TPSA) is 44.5 Å². The second-order valence-electron chi connectivity index (χ2n) is 4.50. The van der Waals surface area contributed by atoms with Crippen LogP contribution in [0.1, 0.15) is 18.1 Å². The summed E-state index contributed by atoms with van der Waals surface area (Å²) in [5.41, 5.74) is 8.06. The van der Waals surface area contributed by atoms with Gasteiger partial charge < -0.3 is 15.2 Å². The van der Waals surface area contributed by atoms with Crippen LogP contribution in [-0.4, -0.2) is 13.2 Å². The maximum Gasteiger partial charge on any atom is 0.123 e. The van der Waals surface area contributed by atoms with Crippen molar-refractivity contribution >= 4 is 0 Å². The van der Waals surface area contributed by atoms with E-state index >= 15 is 0 Å². The summed E-state index contributed by atoms with van der Waals surface area (Å²) in [6.45, 7) is 3.82. The van der Waals surface area contributed by atoms with Crippen LogP contribution in [0.3, 0.4) is 0 Å². The fourth-order valence-corrected chi connectivity index (χ4v) is 2.08. The first-order valence-electron chi connectivity index (χ1n) is 6.96. The zero-order valence-electron chi connectivity index (χ0n) is 11.8. The SMILES string of the molecule is CCOc1cccc(OCc2ccccc2CCN)c1. The summed E-state index contributed by atoms with van der Waals surface area (Å²) in [4.78, 5) is 0. The zero-order valence-corrected chi connectivity index (χ0v) is 11.8. The lowest BCUT2D eigenvalue weighted by molar-refractivity contribution is 0.298. The molecule has 0 saturated carbocycles. The maximum atomic E-state index is 5.85. The molecule has 0 atom stereocenters. The molecular weight excluding hydrogens is 250 g/mol. The van der Waals surface area contributed by atoms with Crippen molar-refractivity contribution in [3.8, 4) is 11.5 Å². The van der Waals surface area contributed by atoms with Crippen molar-refractivity contribution in [3.63, 3.8) is 0 Å². The zero-order chi connectivity index (χ0) is 14.2. The number of benzene rings is 2. The molecule has 3 nitrogen and oxygen atoms in total. The largest absolute Gasteiger partial charge is 0.494 e. The van der Waals surface area contributed by atoms with Crippen molar-refractivity contribution in [1.29, 1.82) is 0 Å². The molecule has 0 fully saturated rings. The Labute approximate surface area is 120 Å². The van der Waals surface area contributed by atoms with Crippen LogP contribution in [0.25, 0.3) is 0 Å². The Balaban J connectivity index is 2.03. The standard InChI is InChI=1S/C17H21NO2/c1-2-19-16-8-5-9-17(12-16)20-13-15-7-4-3-6-14(15)10-11-18/h3-9,12H,2,10-11,13,18H2,1H3. The highest BCUT2D eigenvalue weighted by Crippen LogP contribution is 2.21. The molecule has 0 unspecified atom stereocenters. The van der Waals surface area contributed by atoms with Crippen molar-refractivity contribution in [2.24, 2.45) is 5.73 Å². The Morgan fingerprint density at radius 3 is 2.30 bits per heavy atom. The second kappa shape index (κ2) is 7.56. The molecule has 2 aromatic rings. The molecule has 0 bridgehead atoms. The highest BCUT2D eigenvalue weighted by Gasteiger charge is 2.03. The van der Waals surface area contributed by atoms with Crippen molar-refractivity contribution < 1.29 is 9.47 Å². The molecule has 0 aliphatic carbocycles. The molecule has 2 aromatic carbocycles. The summed E-state index contributed by atoms with van der Waals surface area (Å²) in [7, 11) is 0. The Hall–Kier alpha value is -2.00. The first kappa shape index (κ1) is 14.4. The molecule has 20 heavy (non-hydrogen) atoms. The predicted molar refractivity (Wildman–Crippen MR) is 81.1 cm³/mol. The Bertz CT molecular complexity index is 540. The quantitative estimate of drug-likeness (QED) is 0.841. The van der Waals surface area contributed by atoms with Gasteiger partial charge in [0.1, 0.15) is 18.1 Å². The number of hydrogen-bond acceptors (Lipinski definition) is 3. The minimum Gasteiger partial charge on any atom is -0.494 e. The molecule has 0 saturated heterocycles. The van der Waals surface area contributed by atoms with Gasteiger partial charge in [-0.15, -0.1) is 0 Å². The average molecular weight is 271 g/mol. The molecule has 2 N–H and O–H groups in total. The molecule has 0 aliphatic heterocycles. The summed E-state index contributed by atoms with van der Waals surface area (Å²) >= 11 is 0. The van der Waals surface area contributed by atoms with Gasteiger partial charge in [0, 0.05) is 6.07 Å². The van der Waals surface area contributed by atoms with Gasteiger partial charge in [-0.3, -0.25) is 0 Å². The van der Waals surface area contributed by atoms with Crippen LogP contribution in [0.4, 0.5) is 0 Å². The van der Waals surface area contributed by atoms with Gasteiger partial charge in [0.15, 0.2) is 0 Å².